The first kappa shape index (κ1) is 17.3. The maximum absolute atomic E-state index is 13.4. The van der Waals surface area contributed by atoms with Gasteiger partial charge >= 0.3 is 0 Å². The maximum atomic E-state index is 13.4. The number of carbonyl (C=O) groups is 1. The predicted octanol–water partition coefficient (Wildman–Crippen LogP) is 3.06. The summed E-state index contributed by atoms with van der Waals surface area (Å²) >= 11 is 0. The summed E-state index contributed by atoms with van der Waals surface area (Å²) in [6.45, 7) is -0.381. The fraction of sp³-hybridized carbons (Fsp3) is 0.118. The molecule has 2 aromatic rings. The number of amides is 1. The molecule has 0 aliphatic heterocycles. The third-order valence-electron chi connectivity index (χ3n) is 2.85. The summed E-state index contributed by atoms with van der Waals surface area (Å²) in [6, 6.07) is 5.91. The Hall–Kier alpha value is -3.01. The molecule has 0 heterocycles. The van der Waals surface area contributed by atoms with Crippen molar-refractivity contribution in [2.24, 2.45) is 0 Å². The molecule has 2 rings (SSSR count). The van der Waals surface area contributed by atoms with Gasteiger partial charge in [-0.25, -0.2) is 17.6 Å². The minimum atomic E-state index is -0.976. The zero-order valence-electron chi connectivity index (χ0n) is 12.2. The molecule has 0 unspecified atom stereocenters. The van der Waals surface area contributed by atoms with Crippen LogP contribution in [0.25, 0.3) is 0 Å². The number of carbonyl (C=O) groups excluding carboxylic acids is 1. The van der Waals surface area contributed by atoms with E-state index in [1.54, 1.807) is 0 Å². The average Bonchev–Trinajstić information content (AvgIpc) is 2.52. The van der Waals surface area contributed by atoms with Crippen LogP contribution in [0.1, 0.15) is 10.4 Å². The second kappa shape index (κ2) is 8.02. The van der Waals surface area contributed by atoms with Crippen molar-refractivity contribution in [2.75, 3.05) is 13.2 Å². The lowest BCUT2D eigenvalue weighted by Crippen LogP contribution is -2.25. The van der Waals surface area contributed by atoms with Crippen molar-refractivity contribution < 1.29 is 27.1 Å². The van der Waals surface area contributed by atoms with Crippen molar-refractivity contribution in [1.29, 1.82) is 0 Å². The van der Waals surface area contributed by atoms with E-state index in [4.69, 9.17) is 4.74 Å². The highest BCUT2D eigenvalue weighted by molar-refractivity contribution is 5.94. The Balaban J connectivity index is 1.83. The number of rotatable bonds is 4. The van der Waals surface area contributed by atoms with Gasteiger partial charge in [-0.1, -0.05) is 17.9 Å². The minimum Gasteiger partial charge on any atom is -0.478 e. The van der Waals surface area contributed by atoms with E-state index in [2.05, 4.69) is 17.2 Å². The summed E-state index contributed by atoms with van der Waals surface area (Å²) in [5, 5.41) is 2.23. The molecular weight excluding hydrogens is 326 g/mol. The molecule has 0 aromatic heterocycles. The standard InChI is InChI=1S/C17H11F4NO2/c18-11-6-7-15(14(21)10-11)24-9-2-1-8-22-17(23)16-12(19)4-3-5-13(16)20/h3-7,10H,8-9H2,(H,22,23). The first-order chi connectivity index (χ1) is 11.5. The van der Waals surface area contributed by atoms with Crippen LogP contribution in [-0.2, 0) is 0 Å². The van der Waals surface area contributed by atoms with Crippen molar-refractivity contribution >= 4 is 5.91 Å². The molecule has 0 aliphatic rings. The molecule has 24 heavy (non-hydrogen) atoms. The van der Waals surface area contributed by atoms with Gasteiger partial charge in [0, 0.05) is 6.07 Å². The van der Waals surface area contributed by atoms with E-state index in [-0.39, 0.29) is 18.9 Å². The van der Waals surface area contributed by atoms with Crippen molar-refractivity contribution in [2.45, 2.75) is 0 Å². The van der Waals surface area contributed by atoms with Gasteiger partial charge in [0.2, 0.25) is 0 Å². The largest absolute Gasteiger partial charge is 0.478 e. The average molecular weight is 337 g/mol. The van der Waals surface area contributed by atoms with Crippen LogP contribution in [0.15, 0.2) is 36.4 Å². The first-order valence-electron chi connectivity index (χ1n) is 6.75. The van der Waals surface area contributed by atoms with E-state index in [0.717, 1.165) is 30.3 Å². The van der Waals surface area contributed by atoms with Crippen LogP contribution < -0.4 is 10.1 Å². The van der Waals surface area contributed by atoms with Crippen LogP contribution in [0.2, 0.25) is 0 Å². The van der Waals surface area contributed by atoms with Crippen LogP contribution in [0.3, 0.4) is 0 Å². The van der Waals surface area contributed by atoms with Gasteiger partial charge in [0.1, 0.15) is 29.6 Å². The normalized spacial score (nSPS) is 9.83. The molecular formula is C17H11F4NO2. The monoisotopic (exact) mass is 337 g/mol. The van der Waals surface area contributed by atoms with Gasteiger partial charge in [0.25, 0.3) is 5.91 Å². The smallest absolute Gasteiger partial charge is 0.258 e. The third kappa shape index (κ3) is 4.49. The van der Waals surface area contributed by atoms with Gasteiger partial charge < -0.3 is 10.1 Å². The Kier molecular flexibility index (Phi) is 5.79. The van der Waals surface area contributed by atoms with E-state index >= 15 is 0 Å². The van der Waals surface area contributed by atoms with E-state index in [9.17, 15) is 22.4 Å². The topological polar surface area (TPSA) is 38.3 Å². The molecule has 0 radical (unpaired) electrons. The lowest BCUT2D eigenvalue weighted by Gasteiger charge is -2.04. The molecule has 2 aromatic carbocycles. The van der Waals surface area contributed by atoms with Crippen LogP contribution in [0.5, 0.6) is 5.75 Å². The second-order valence-corrected chi connectivity index (χ2v) is 4.50. The number of hydrogen-bond acceptors (Lipinski definition) is 2. The van der Waals surface area contributed by atoms with Crippen molar-refractivity contribution in [3.8, 4) is 17.6 Å². The molecule has 124 valence electrons. The van der Waals surface area contributed by atoms with Crippen LogP contribution in [0.4, 0.5) is 17.6 Å². The van der Waals surface area contributed by atoms with E-state index in [1.807, 2.05) is 0 Å². The van der Waals surface area contributed by atoms with Gasteiger partial charge in [0.15, 0.2) is 11.6 Å². The lowest BCUT2D eigenvalue weighted by molar-refractivity contribution is 0.0950. The number of ether oxygens (including phenoxy) is 1. The Morgan fingerprint density at radius 2 is 1.71 bits per heavy atom. The predicted molar refractivity (Wildman–Crippen MR) is 78.3 cm³/mol. The summed E-state index contributed by atoms with van der Waals surface area (Å²) in [6.07, 6.45) is 0. The summed E-state index contributed by atoms with van der Waals surface area (Å²) < 4.78 is 57.7. The quantitative estimate of drug-likeness (QED) is 0.688. The van der Waals surface area contributed by atoms with Crippen LogP contribution in [0, 0.1) is 35.1 Å². The third-order valence-corrected chi connectivity index (χ3v) is 2.85. The van der Waals surface area contributed by atoms with E-state index in [0.29, 0.717) is 6.07 Å². The van der Waals surface area contributed by atoms with Crippen LogP contribution >= 0.6 is 0 Å². The van der Waals surface area contributed by atoms with E-state index < -0.39 is 34.7 Å². The summed E-state index contributed by atoms with van der Waals surface area (Å²) in [4.78, 5) is 11.6. The van der Waals surface area contributed by atoms with E-state index in [1.165, 1.54) is 0 Å². The summed E-state index contributed by atoms with van der Waals surface area (Å²) in [7, 11) is 0. The maximum Gasteiger partial charge on any atom is 0.258 e. The molecule has 0 saturated heterocycles. The zero-order valence-corrected chi connectivity index (χ0v) is 12.2. The lowest BCUT2D eigenvalue weighted by atomic mass is 10.2. The number of nitrogens with one attached hydrogen (secondary N) is 1. The molecule has 0 fully saturated rings. The highest BCUT2D eigenvalue weighted by Crippen LogP contribution is 2.17. The molecule has 0 atom stereocenters. The van der Waals surface area contributed by atoms with Gasteiger partial charge in [-0.3, -0.25) is 4.79 Å². The minimum absolute atomic E-state index is 0.164. The SMILES string of the molecule is O=C(NCC#CCOc1ccc(F)cc1F)c1c(F)cccc1F. The fourth-order valence-corrected chi connectivity index (χ4v) is 1.75. The van der Waals surface area contributed by atoms with Crippen LogP contribution in [-0.4, -0.2) is 19.1 Å². The summed E-state index contributed by atoms with van der Waals surface area (Å²) in [5.41, 5.74) is -0.691. The first-order valence-corrected chi connectivity index (χ1v) is 6.75. The van der Waals surface area contributed by atoms with Gasteiger partial charge in [-0.15, -0.1) is 0 Å². The molecule has 0 bridgehead atoms. The van der Waals surface area contributed by atoms with Crippen molar-refractivity contribution in [3.63, 3.8) is 0 Å². The Labute approximate surface area is 135 Å². The molecule has 0 aliphatic carbocycles. The second-order valence-electron chi connectivity index (χ2n) is 4.50. The molecule has 1 N–H and O–H groups in total. The Morgan fingerprint density at radius 3 is 2.38 bits per heavy atom. The zero-order chi connectivity index (χ0) is 17.5. The molecule has 1 amide bonds. The summed E-state index contributed by atoms with van der Waals surface area (Å²) in [5.74, 6) is 0.310. The Morgan fingerprint density at radius 1 is 1.00 bits per heavy atom. The molecule has 0 saturated carbocycles. The highest BCUT2D eigenvalue weighted by atomic mass is 19.1. The van der Waals surface area contributed by atoms with Gasteiger partial charge in [-0.2, -0.15) is 0 Å². The van der Waals surface area contributed by atoms with Crippen molar-refractivity contribution in [3.05, 3.63) is 65.2 Å². The molecule has 7 heteroatoms. The number of hydrogen-bond donors (Lipinski definition) is 1. The fourth-order valence-electron chi connectivity index (χ4n) is 1.75. The molecule has 0 spiro atoms. The van der Waals surface area contributed by atoms with Crippen molar-refractivity contribution in [1.82, 2.24) is 5.32 Å². The number of halogens is 4. The molecule has 3 nitrogen and oxygen atoms in total. The Bertz CT molecular complexity index is 792. The number of benzene rings is 2. The van der Waals surface area contributed by atoms with Gasteiger partial charge in [-0.05, 0) is 24.3 Å². The highest BCUT2D eigenvalue weighted by Gasteiger charge is 2.15. The van der Waals surface area contributed by atoms with Gasteiger partial charge in [0.05, 0.1) is 6.54 Å².